The van der Waals surface area contributed by atoms with Crippen molar-refractivity contribution < 1.29 is 70.9 Å². The maximum Gasteiger partial charge on any atom is 1.00 e. The second kappa shape index (κ2) is 16.2. The zero-order valence-electron chi connectivity index (χ0n) is 7.17. The van der Waals surface area contributed by atoms with Gasteiger partial charge in [-0.1, -0.05) is 0 Å². The van der Waals surface area contributed by atoms with Gasteiger partial charge in [0, 0.05) is 0 Å². The van der Waals surface area contributed by atoms with Gasteiger partial charge in [-0.2, -0.15) is 0 Å². The first kappa shape index (κ1) is 24.1. The van der Waals surface area contributed by atoms with Crippen molar-refractivity contribution in [3.05, 3.63) is 0 Å². The van der Waals surface area contributed by atoms with Gasteiger partial charge in [-0.15, -0.1) is 0 Å². The second-order valence-electron chi connectivity index (χ2n) is 1.18. The maximum atomic E-state index is 10.1. The Kier molecular flexibility index (Phi) is 27.9. The van der Waals surface area contributed by atoms with E-state index in [4.69, 9.17) is 0 Å². The van der Waals surface area contributed by atoms with Crippen molar-refractivity contribution in [3.63, 3.8) is 0 Å². The van der Waals surface area contributed by atoms with E-state index in [2.05, 4.69) is 13.7 Å². The van der Waals surface area contributed by atoms with E-state index in [-0.39, 0.29) is 63.4 Å². The maximum absolute atomic E-state index is 10.1. The average molecular weight is 201 g/mol. The fraction of sp³-hybridized carbons (Fsp3) is 0. The Balaban J connectivity index is -0.000000167. The molecule has 0 amide bonds. The molecule has 0 fully saturated rings. The molecular formula is H4B4Li2O7Si. The van der Waals surface area contributed by atoms with Crippen LogP contribution in [0.5, 0.6) is 0 Å². The van der Waals surface area contributed by atoms with Crippen LogP contribution in [0.2, 0.25) is 0 Å². The Bertz CT molecular complexity index is 123. The van der Waals surface area contributed by atoms with Gasteiger partial charge in [0.2, 0.25) is 0 Å². The number of hydrogen-bond donors (Lipinski definition) is 0. The minimum absolute atomic E-state index is 0. The Hall–Kier alpha value is 0.751. The van der Waals surface area contributed by atoms with Gasteiger partial charge in [0.05, 0.1) is 0 Å². The summed E-state index contributed by atoms with van der Waals surface area (Å²) in [5, 5.41) is 20.3. The molecular weight excluding hydrogens is 197 g/mol. The van der Waals surface area contributed by atoms with Crippen LogP contribution in [-0.2, 0) is 23.1 Å². The van der Waals surface area contributed by atoms with Crippen LogP contribution in [0.1, 0.15) is 0 Å². The Morgan fingerprint density at radius 2 is 1.21 bits per heavy atom. The zero-order valence-corrected chi connectivity index (χ0v) is 7.17. The minimum Gasteiger partial charge on any atom is -0.0149 e. The van der Waals surface area contributed by atoms with Crippen molar-refractivity contribution in [1.82, 2.24) is 0 Å². The number of hydrogen-bond acceptors (Lipinski definition) is 7. The quantitative estimate of drug-likeness (QED) is 0.392. The van der Waals surface area contributed by atoms with Gasteiger partial charge in [-0.25, -0.2) is 0 Å². The monoisotopic (exact) mass is 202 g/mol. The third-order valence-electron chi connectivity index (χ3n) is 0.556. The molecule has 0 spiro atoms. The van der Waals surface area contributed by atoms with E-state index in [0.717, 1.165) is 0 Å². The van der Waals surface area contributed by atoms with Gasteiger partial charge >= 0.3 is 100 Å². The van der Waals surface area contributed by atoms with Crippen molar-refractivity contribution in [1.29, 1.82) is 0 Å². The van der Waals surface area contributed by atoms with E-state index >= 15 is 0 Å². The molecule has 0 aliphatic carbocycles. The third kappa shape index (κ3) is 15.2. The van der Waals surface area contributed by atoms with Crippen LogP contribution in [0, 0.1) is 0 Å². The molecule has 0 unspecified atom stereocenters. The van der Waals surface area contributed by atoms with Gasteiger partial charge < -0.3 is 0 Å². The van der Waals surface area contributed by atoms with Crippen molar-refractivity contribution in [2.24, 2.45) is 0 Å². The third-order valence-corrected chi connectivity index (χ3v) is 0.556. The molecule has 14 heteroatoms. The molecule has 7 nitrogen and oxygen atoms in total. The first-order valence-electron chi connectivity index (χ1n) is 2.36. The van der Waals surface area contributed by atoms with Gasteiger partial charge in [0.1, 0.15) is 0 Å². The van der Waals surface area contributed by atoms with E-state index < -0.39 is 14.6 Å². The van der Waals surface area contributed by atoms with Crippen LogP contribution in [0.25, 0.3) is 0 Å². The minimum atomic E-state index is -2.27. The first-order chi connectivity index (χ1) is 5.20. The summed E-state index contributed by atoms with van der Waals surface area (Å²) in [5.41, 5.74) is 0. The molecule has 0 saturated carbocycles. The molecule has 0 aromatic rings. The molecule has 0 saturated heterocycles. The van der Waals surface area contributed by atoms with Gasteiger partial charge in [0.25, 0.3) is 0 Å². The summed E-state index contributed by atoms with van der Waals surface area (Å²) in [6.07, 6.45) is 0. The van der Waals surface area contributed by atoms with E-state index in [1.54, 1.807) is 0 Å². The Labute approximate surface area is 111 Å². The van der Waals surface area contributed by atoms with Gasteiger partial charge in [-0.3, -0.25) is 0 Å². The largest absolute Gasteiger partial charge is 1.00 e. The molecule has 0 aliphatic rings. The second-order valence-corrected chi connectivity index (χ2v) is 1.18. The van der Waals surface area contributed by atoms with E-state index in [1.165, 1.54) is 0 Å². The van der Waals surface area contributed by atoms with E-state index in [0.29, 0.717) is 0 Å². The SMILES string of the molecule is O=BOB([O-])OB([O-])OB=O.[Li+].[Li+].[SiH4]. The molecule has 0 radical (unpaired) electrons. The average Bonchev–Trinajstić information content (AvgIpc) is 1.87. The number of rotatable bonds is 6. The predicted octanol–water partition coefficient (Wildman–Crippen LogP) is -11.8. The van der Waals surface area contributed by atoms with Gasteiger partial charge in [-0.05, 0) is 11.0 Å². The van der Waals surface area contributed by atoms with Crippen LogP contribution in [0.3, 0.4) is 0 Å². The molecule has 0 N–H and O–H groups in total. The van der Waals surface area contributed by atoms with Crippen molar-refractivity contribution in [3.8, 4) is 0 Å². The van der Waals surface area contributed by atoms with Crippen LogP contribution in [-0.4, -0.2) is 40.3 Å². The molecule has 0 heterocycles. The molecule has 14 heavy (non-hydrogen) atoms. The summed E-state index contributed by atoms with van der Waals surface area (Å²) in [7, 11) is -4.92. The molecule has 0 rings (SSSR count). The van der Waals surface area contributed by atoms with Crippen LogP contribution in [0.15, 0.2) is 0 Å². The molecule has 0 bridgehead atoms. The fourth-order valence-electron chi connectivity index (χ4n) is 0.246. The molecule has 0 aromatic carbocycles. The van der Waals surface area contributed by atoms with Crippen molar-refractivity contribution in [2.75, 3.05) is 0 Å². The van der Waals surface area contributed by atoms with Crippen LogP contribution >= 0.6 is 0 Å². The zero-order chi connectivity index (χ0) is 8.69. The van der Waals surface area contributed by atoms with E-state index in [1.807, 2.05) is 0 Å². The molecule has 0 atom stereocenters. The fourth-order valence-corrected chi connectivity index (χ4v) is 0.246. The van der Waals surface area contributed by atoms with Crippen molar-refractivity contribution in [2.45, 2.75) is 0 Å². The summed E-state index contributed by atoms with van der Waals surface area (Å²) >= 11 is 0. The van der Waals surface area contributed by atoms with Crippen molar-refractivity contribution >= 4 is 40.3 Å². The summed E-state index contributed by atoms with van der Waals surface area (Å²) < 4.78 is 29.8. The predicted molar refractivity (Wildman–Crippen MR) is 39.0 cm³/mol. The normalized spacial score (nSPS) is 5.86. The summed E-state index contributed by atoms with van der Waals surface area (Å²) in [4.78, 5) is 0. The smallest absolute Gasteiger partial charge is 0.0149 e. The van der Waals surface area contributed by atoms with Crippen LogP contribution in [0.4, 0.5) is 0 Å². The summed E-state index contributed by atoms with van der Waals surface area (Å²) in [5.74, 6) is 0. The Morgan fingerprint density at radius 1 is 0.929 bits per heavy atom. The molecule has 0 aliphatic heterocycles. The van der Waals surface area contributed by atoms with Gasteiger partial charge in [0.15, 0.2) is 0 Å². The van der Waals surface area contributed by atoms with E-state index in [9.17, 15) is 19.5 Å². The first-order valence-corrected chi connectivity index (χ1v) is 2.36. The standard InChI is InChI=1S/B4O7.2Li.H4Si/c5-1-9-3(7)11-4(8)10-2-6;;;/h;;;1H4/q-2;2*+1;. The molecule has 64 valence electrons. The summed E-state index contributed by atoms with van der Waals surface area (Å²) in [6.45, 7) is 0. The molecule has 0 aromatic heterocycles. The van der Waals surface area contributed by atoms with Crippen LogP contribution < -0.4 is 47.8 Å². The Morgan fingerprint density at radius 3 is 1.43 bits per heavy atom. The summed E-state index contributed by atoms with van der Waals surface area (Å²) in [6, 6.07) is 0. The topological polar surface area (TPSA) is 108 Å².